The quantitative estimate of drug-likeness (QED) is 0.868. The van der Waals surface area contributed by atoms with E-state index < -0.39 is 0 Å². The number of para-hydroxylation sites is 1. The molecule has 1 aromatic carbocycles. The van der Waals surface area contributed by atoms with Crippen molar-refractivity contribution in [3.63, 3.8) is 0 Å². The van der Waals surface area contributed by atoms with E-state index in [0.29, 0.717) is 13.0 Å². The molecule has 1 heterocycles. The topological polar surface area (TPSA) is 54.3 Å². The van der Waals surface area contributed by atoms with Gasteiger partial charge in [-0.1, -0.05) is 18.2 Å². The van der Waals surface area contributed by atoms with E-state index in [1.54, 1.807) is 0 Å². The van der Waals surface area contributed by atoms with Gasteiger partial charge in [0.1, 0.15) is 11.5 Å². The molecule has 0 spiro atoms. The van der Waals surface area contributed by atoms with Crippen molar-refractivity contribution in [3.05, 3.63) is 54.0 Å². The summed E-state index contributed by atoms with van der Waals surface area (Å²) in [6.45, 7) is 2.45. The standard InChI is InChI=1S/C14H16N2O2/c1-11-7-8-13(18-11)9-10-15-14(17)16-12-5-3-2-4-6-12/h2-8H,9-10H2,1H3,(H2,15,16,17). The van der Waals surface area contributed by atoms with Crippen LogP contribution in [0.1, 0.15) is 11.5 Å². The lowest BCUT2D eigenvalue weighted by Gasteiger charge is -2.06. The number of carbonyl (C=O) groups excluding carboxylic acids is 1. The van der Waals surface area contributed by atoms with Gasteiger partial charge < -0.3 is 15.1 Å². The number of hydrogen-bond donors (Lipinski definition) is 2. The minimum atomic E-state index is -0.204. The number of benzene rings is 1. The molecule has 2 amide bonds. The van der Waals surface area contributed by atoms with E-state index in [1.807, 2.05) is 49.4 Å². The number of carbonyl (C=O) groups is 1. The Bertz CT molecular complexity index is 506. The molecule has 0 aliphatic heterocycles. The summed E-state index contributed by atoms with van der Waals surface area (Å²) < 4.78 is 5.41. The van der Waals surface area contributed by atoms with Crippen molar-refractivity contribution >= 4 is 11.7 Å². The van der Waals surface area contributed by atoms with E-state index in [0.717, 1.165) is 17.2 Å². The third-order valence-electron chi connectivity index (χ3n) is 2.48. The lowest BCUT2D eigenvalue weighted by Crippen LogP contribution is -2.30. The number of amides is 2. The molecular weight excluding hydrogens is 228 g/mol. The second kappa shape index (κ2) is 5.91. The fourth-order valence-electron chi connectivity index (χ4n) is 1.62. The van der Waals surface area contributed by atoms with Crippen LogP contribution >= 0.6 is 0 Å². The first-order chi connectivity index (χ1) is 8.74. The molecule has 4 heteroatoms. The van der Waals surface area contributed by atoms with Gasteiger partial charge in [0, 0.05) is 18.7 Å². The molecule has 0 aliphatic rings. The zero-order valence-electron chi connectivity index (χ0n) is 10.3. The van der Waals surface area contributed by atoms with Crippen molar-refractivity contribution in [2.75, 3.05) is 11.9 Å². The van der Waals surface area contributed by atoms with Crippen LogP contribution in [0.2, 0.25) is 0 Å². The molecule has 18 heavy (non-hydrogen) atoms. The summed E-state index contributed by atoms with van der Waals surface area (Å²) in [6.07, 6.45) is 0.691. The molecule has 4 nitrogen and oxygen atoms in total. The fourth-order valence-corrected chi connectivity index (χ4v) is 1.62. The average molecular weight is 244 g/mol. The second-order valence-electron chi connectivity index (χ2n) is 4.01. The molecule has 0 saturated heterocycles. The highest BCUT2D eigenvalue weighted by molar-refractivity contribution is 5.89. The van der Waals surface area contributed by atoms with Crippen LogP contribution in [0.25, 0.3) is 0 Å². The van der Waals surface area contributed by atoms with Crippen LogP contribution in [0, 0.1) is 6.92 Å². The van der Waals surface area contributed by atoms with Crippen LogP contribution in [0.4, 0.5) is 10.5 Å². The Morgan fingerprint density at radius 2 is 1.94 bits per heavy atom. The third-order valence-corrected chi connectivity index (χ3v) is 2.48. The summed E-state index contributed by atoms with van der Waals surface area (Å²) in [6, 6.07) is 13.0. The Hall–Kier alpha value is -2.23. The van der Waals surface area contributed by atoms with Gasteiger partial charge in [0.2, 0.25) is 0 Å². The van der Waals surface area contributed by atoms with Crippen LogP contribution in [0.15, 0.2) is 46.9 Å². The fraction of sp³-hybridized carbons (Fsp3) is 0.214. The first kappa shape index (κ1) is 12.2. The van der Waals surface area contributed by atoms with Crippen LogP contribution in [-0.2, 0) is 6.42 Å². The van der Waals surface area contributed by atoms with E-state index in [-0.39, 0.29) is 6.03 Å². The number of urea groups is 1. The Balaban J connectivity index is 1.72. The minimum Gasteiger partial charge on any atom is -0.466 e. The molecule has 0 bridgehead atoms. The summed E-state index contributed by atoms with van der Waals surface area (Å²) >= 11 is 0. The Kier molecular flexibility index (Phi) is 4.02. The summed E-state index contributed by atoms with van der Waals surface area (Å²) in [5, 5.41) is 5.53. The Labute approximate surface area is 106 Å². The molecule has 0 saturated carbocycles. The van der Waals surface area contributed by atoms with Crippen molar-refractivity contribution in [2.45, 2.75) is 13.3 Å². The molecule has 2 rings (SSSR count). The monoisotopic (exact) mass is 244 g/mol. The molecule has 0 radical (unpaired) electrons. The normalized spacial score (nSPS) is 10.1. The zero-order valence-corrected chi connectivity index (χ0v) is 10.3. The van der Waals surface area contributed by atoms with Gasteiger partial charge in [-0.25, -0.2) is 4.79 Å². The van der Waals surface area contributed by atoms with Gasteiger partial charge in [-0.15, -0.1) is 0 Å². The Morgan fingerprint density at radius 1 is 1.17 bits per heavy atom. The van der Waals surface area contributed by atoms with Gasteiger partial charge in [0.25, 0.3) is 0 Å². The van der Waals surface area contributed by atoms with E-state index >= 15 is 0 Å². The van der Waals surface area contributed by atoms with E-state index in [9.17, 15) is 4.79 Å². The molecule has 1 aromatic heterocycles. The zero-order chi connectivity index (χ0) is 12.8. The summed E-state index contributed by atoms with van der Waals surface area (Å²) in [7, 11) is 0. The first-order valence-corrected chi connectivity index (χ1v) is 5.89. The number of aryl methyl sites for hydroxylation is 1. The number of rotatable bonds is 4. The van der Waals surface area contributed by atoms with Crippen molar-refractivity contribution in [3.8, 4) is 0 Å². The lowest BCUT2D eigenvalue weighted by atomic mass is 10.3. The number of furan rings is 1. The van der Waals surface area contributed by atoms with Crippen molar-refractivity contribution in [1.82, 2.24) is 5.32 Å². The maximum absolute atomic E-state index is 11.6. The maximum Gasteiger partial charge on any atom is 0.319 e. The molecule has 0 fully saturated rings. The van der Waals surface area contributed by atoms with E-state index in [4.69, 9.17) is 4.42 Å². The van der Waals surface area contributed by atoms with Crippen molar-refractivity contribution in [1.29, 1.82) is 0 Å². The molecule has 0 atom stereocenters. The van der Waals surface area contributed by atoms with Gasteiger partial charge in [0.05, 0.1) is 0 Å². The molecule has 2 N–H and O–H groups in total. The van der Waals surface area contributed by atoms with Gasteiger partial charge >= 0.3 is 6.03 Å². The largest absolute Gasteiger partial charge is 0.466 e. The number of hydrogen-bond acceptors (Lipinski definition) is 2. The van der Waals surface area contributed by atoms with Gasteiger partial charge in [0.15, 0.2) is 0 Å². The molecule has 0 aliphatic carbocycles. The van der Waals surface area contributed by atoms with Gasteiger partial charge in [-0.2, -0.15) is 0 Å². The van der Waals surface area contributed by atoms with Crippen LogP contribution in [-0.4, -0.2) is 12.6 Å². The highest BCUT2D eigenvalue weighted by Gasteiger charge is 2.02. The molecule has 0 unspecified atom stereocenters. The van der Waals surface area contributed by atoms with Gasteiger partial charge in [-0.3, -0.25) is 0 Å². The second-order valence-corrected chi connectivity index (χ2v) is 4.01. The highest BCUT2D eigenvalue weighted by Crippen LogP contribution is 2.06. The maximum atomic E-state index is 11.6. The average Bonchev–Trinajstić information content (AvgIpc) is 2.76. The number of nitrogens with one attached hydrogen (secondary N) is 2. The smallest absolute Gasteiger partial charge is 0.319 e. The molecule has 2 aromatic rings. The van der Waals surface area contributed by atoms with Crippen LogP contribution in [0.3, 0.4) is 0 Å². The van der Waals surface area contributed by atoms with Crippen molar-refractivity contribution in [2.24, 2.45) is 0 Å². The predicted molar refractivity (Wildman–Crippen MR) is 70.6 cm³/mol. The van der Waals surface area contributed by atoms with Gasteiger partial charge in [-0.05, 0) is 31.2 Å². The summed E-state index contributed by atoms with van der Waals surface area (Å²) in [4.78, 5) is 11.6. The molecule has 94 valence electrons. The predicted octanol–water partition coefficient (Wildman–Crippen LogP) is 2.95. The lowest BCUT2D eigenvalue weighted by molar-refractivity contribution is 0.252. The third kappa shape index (κ3) is 3.66. The van der Waals surface area contributed by atoms with E-state index in [1.165, 1.54) is 0 Å². The van der Waals surface area contributed by atoms with Crippen molar-refractivity contribution < 1.29 is 9.21 Å². The first-order valence-electron chi connectivity index (χ1n) is 5.89. The SMILES string of the molecule is Cc1ccc(CCNC(=O)Nc2ccccc2)o1. The summed E-state index contributed by atoms with van der Waals surface area (Å²) in [5.41, 5.74) is 0.781. The Morgan fingerprint density at radius 3 is 2.61 bits per heavy atom. The number of anilines is 1. The van der Waals surface area contributed by atoms with Crippen LogP contribution in [0.5, 0.6) is 0 Å². The summed E-state index contributed by atoms with van der Waals surface area (Å²) in [5.74, 6) is 1.77. The van der Waals surface area contributed by atoms with E-state index in [2.05, 4.69) is 10.6 Å². The molecular formula is C14H16N2O2. The van der Waals surface area contributed by atoms with Crippen LogP contribution < -0.4 is 10.6 Å². The highest BCUT2D eigenvalue weighted by atomic mass is 16.3. The minimum absolute atomic E-state index is 0.204.